The highest BCUT2D eigenvalue weighted by Crippen LogP contribution is 2.28. The first-order chi connectivity index (χ1) is 11.4. The molecule has 124 valence electrons. The van der Waals surface area contributed by atoms with Crippen molar-refractivity contribution in [3.05, 3.63) is 57.6 Å². The van der Waals surface area contributed by atoms with E-state index in [2.05, 4.69) is 0 Å². The van der Waals surface area contributed by atoms with Gasteiger partial charge in [0, 0.05) is 11.6 Å². The fourth-order valence-electron chi connectivity index (χ4n) is 2.79. The third kappa shape index (κ3) is 3.41. The van der Waals surface area contributed by atoms with Crippen LogP contribution in [0.3, 0.4) is 0 Å². The molecule has 0 aliphatic carbocycles. The van der Waals surface area contributed by atoms with Crippen LogP contribution in [0.5, 0.6) is 11.5 Å². The maximum atomic E-state index is 12.6. The fourth-order valence-corrected chi connectivity index (χ4v) is 2.79. The van der Waals surface area contributed by atoms with Crippen molar-refractivity contribution in [3.8, 4) is 17.6 Å². The molecule has 4 heteroatoms. The topological polar surface area (TPSA) is 59.3 Å². The Hall–Kier alpha value is -2.80. The molecule has 0 aromatic heterocycles. The third-order valence-corrected chi connectivity index (χ3v) is 4.29. The van der Waals surface area contributed by atoms with Crippen LogP contribution in [-0.2, 0) is 0 Å². The van der Waals surface area contributed by atoms with Gasteiger partial charge in [0.25, 0.3) is 0 Å². The number of methoxy groups -OCH3 is 1. The van der Waals surface area contributed by atoms with Gasteiger partial charge < -0.3 is 9.47 Å². The van der Waals surface area contributed by atoms with Gasteiger partial charge in [0.2, 0.25) is 5.78 Å². The summed E-state index contributed by atoms with van der Waals surface area (Å²) in [6.07, 6.45) is 0. The lowest BCUT2D eigenvalue weighted by atomic mass is 9.92. The Morgan fingerprint density at radius 3 is 2.38 bits per heavy atom. The monoisotopic (exact) mass is 323 g/mol. The molecular weight excluding hydrogens is 302 g/mol. The van der Waals surface area contributed by atoms with E-state index in [9.17, 15) is 4.79 Å². The highest BCUT2D eigenvalue weighted by Gasteiger charge is 2.17. The molecule has 0 fully saturated rings. The minimum Gasteiger partial charge on any atom is -0.493 e. The molecular formula is C20H21NO3. The quantitative estimate of drug-likeness (QED) is 0.779. The second kappa shape index (κ2) is 7.18. The maximum absolute atomic E-state index is 12.6. The first-order valence-corrected chi connectivity index (χ1v) is 7.70. The average Bonchev–Trinajstić information content (AvgIpc) is 2.57. The summed E-state index contributed by atoms with van der Waals surface area (Å²) < 4.78 is 10.9. The molecule has 0 spiro atoms. The van der Waals surface area contributed by atoms with Gasteiger partial charge in [-0.05, 0) is 62.1 Å². The van der Waals surface area contributed by atoms with E-state index in [0.29, 0.717) is 22.6 Å². The van der Waals surface area contributed by atoms with Crippen molar-refractivity contribution in [3.63, 3.8) is 0 Å². The molecule has 2 aromatic carbocycles. The molecule has 0 atom stereocenters. The lowest BCUT2D eigenvalue weighted by Gasteiger charge is -2.15. The number of hydrogen-bond donors (Lipinski definition) is 0. The molecule has 0 N–H and O–H groups in total. The van der Waals surface area contributed by atoms with Gasteiger partial charge in [0.15, 0.2) is 18.1 Å². The summed E-state index contributed by atoms with van der Waals surface area (Å²) in [7, 11) is 1.50. The van der Waals surface area contributed by atoms with Crippen molar-refractivity contribution in [1.29, 1.82) is 5.26 Å². The summed E-state index contributed by atoms with van der Waals surface area (Å²) in [5.74, 6) is 0.818. The summed E-state index contributed by atoms with van der Waals surface area (Å²) in [5, 5.41) is 8.92. The maximum Gasteiger partial charge on any atom is 0.200 e. The molecule has 0 saturated carbocycles. The van der Waals surface area contributed by atoms with Crippen molar-refractivity contribution in [2.24, 2.45) is 0 Å². The number of ketones is 1. The number of hydrogen-bond acceptors (Lipinski definition) is 4. The predicted molar refractivity (Wildman–Crippen MR) is 92.9 cm³/mol. The van der Waals surface area contributed by atoms with Crippen LogP contribution in [-0.4, -0.2) is 19.5 Å². The van der Waals surface area contributed by atoms with E-state index in [1.54, 1.807) is 18.2 Å². The Morgan fingerprint density at radius 1 is 1.04 bits per heavy atom. The van der Waals surface area contributed by atoms with Crippen LogP contribution in [0.4, 0.5) is 0 Å². The summed E-state index contributed by atoms with van der Waals surface area (Å²) in [4.78, 5) is 12.6. The Kier molecular flexibility index (Phi) is 5.25. The van der Waals surface area contributed by atoms with Crippen LogP contribution >= 0.6 is 0 Å². The molecule has 0 saturated heterocycles. The standard InChI is InChI=1S/C20H21NO3/c1-12-8-13(2)20(15(4)14(12)3)17(22)11-24-18-7-6-16(10-21)9-19(18)23-5/h6-9H,11H2,1-5H3. The lowest BCUT2D eigenvalue weighted by molar-refractivity contribution is 0.0918. The highest BCUT2D eigenvalue weighted by molar-refractivity contribution is 6.00. The number of nitriles is 1. The second-order valence-electron chi connectivity index (χ2n) is 5.82. The smallest absolute Gasteiger partial charge is 0.200 e. The first-order valence-electron chi connectivity index (χ1n) is 7.70. The predicted octanol–water partition coefficient (Wildman–Crippen LogP) is 4.06. The number of benzene rings is 2. The van der Waals surface area contributed by atoms with Gasteiger partial charge in [-0.2, -0.15) is 5.26 Å². The van der Waals surface area contributed by atoms with Gasteiger partial charge in [0.1, 0.15) is 0 Å². The first kappa shape index (κ1) is 17.6. The van der Waals surface area contributed by atoms with Gasteiger partial charge in [0.05, 0.1) is 18.7 Å². The van der Waals surface area contributed by atoms with Crippen LogP contribution in [0, 0.1) is 39.0 Å². The molecule has 0 heterocycles. The number of ether oxygens (including phenoxy) is 2. The summed E-state index contributed by atoms with van der Waals surface area (Å²) in [6, 6.07) is 8.94. The number of carbonyl (C=O) groups excluding carboxylic acids is 1. The van der Waals surface area contributed by atoms with Crippen molar-refractivity contribution < 1.29 is 14.3 Å². The average molecular weight is 323 g/mol. The Morgan fingerprint density at radius 2 is 1.75 bits per heavy atom. The summed E-state index contributed by atoms with van der Waals surface area (Å²) in [5.41, 5.74) is 5.44. The molecule has 0 amide bonds. The minimum absolute atomic E-state index is 0.0699. The van der Waals surface area contributed by atoms with E-state index < -0.39 is 0 Å². The zero-order chi connectivity index (χ0) is 17.9. The SMILES string of the molecule is COc1cc(C#N)ccc1OCC(=O)c1c(C)cc(C)c(C)c1C. The molecule has 0 aliphatic heterocycles. The zero-order valence-corrected chi connectivity index (χ0v) is 14.7. The van der Waals surface area contributed by atoms with E-state index in [4.69, 9.17) is 14.7 Å². The highest BCUT2D eigenvalue weighted by atomic mass is 16.5. The van der Waals surface area contributed by atoms with Crippen LogP contribution in [0.1, 0.15) is 38.2 Å². The number of aryl methyl sites for hydroxylation is 2. The van der Waals surface area contributed by atoms with E-state index in [1.807, 2.05) is 39.8 Å². The van der Waals surface area contributed by atoms with E-state index in [-0.39, 0.29) is 12.4 Å². The summed E-state index contributed by atoms with van der Waals surface area (Å²) >= 11 is 0. The zero-order valence-electron chi connectivity index (χ0n) is 14.7. The van der Waals surface area contributed by atoms with Crippen molar-refractivity contribution in [2.75, 3.05) is 13.7 Å². The van der Waals surface area contributed by atoms with Gasteiger partial charge in [-0.3, -0.25) is 4.79 Å². The largest absolute Gasteiger partial charge is 0.493 e. The van der Waals surface area contributed by atoms with E-state index >= 15 is 0 Å². The molecule has 0 radical (unpaired) electrons. The Balaban J connectivity index is 2.24. The lowest BCUT2D eigenvalue weighted by Crippen LogP contribution is -2.16. The van der Waals surface area contributed by atoms with Gasteiger partial charge in [-0.15, -0.1) is 0 Å². The van der Waals surface area contributed by atoms with Crippen LogP contribution in [0.25, 0.3) is 0 Å². The second-order valence-corrected chi connectivity index (χ2v) is 5.82. The normalized spacial score (nSPS) is 10.2. The molecule has 24 heavy (non-hydrogen) atoms. The number of Topliss-reactive ketones (excluding diaryl/α,β-unsaturated/α-hetero) is 1. The van der Waals surface area contributed by atoms with Crippen LogP contribution < -0.4 is 9.47 Å². The van der Waals surface area contributed by atoms with E-state index in [0.717, 1.165) is 16.7 Å². The molecule has 0 aliphatic rings. The minimum atomic E-state index is -0.0769. The number of rotatable bonds is 5. The Labute approximate surface area is 142 Å². The van der Waals surface area contributed by atoms with E-state index in [1.165, 1.54) is 12.7 Å². The molecule has 2 rings (SSSR count). The molecule has 0 unspecified atom stereocenters. The Bertz CT molecular complexity index is 832. The van der Waals surface area contributed by atoms with Crippen molar-refractivity contribution in [1.82, 2.24) is 0 Å². The molecule has 0 bridgehead atoms. The molecule has 2 aromatic rings. The van der Waals surface area contributed by atoms with Crippen LogP contribution in [0.15, 0.2) is 24.3 Å². The van der Waals surface area contributed by atoms with Crippen molar-refractivity contribution >= 4 is 5.78 Å². The summed E-state index contributed by atoms with van der Waals surface area (Å²) in [6.45, 7) is 7.89. The molecule has 4 nitrogen and oxygen atoms in total. The van der Waals surface area contributed by atoms with Gasteiger partial charge >= 0.3 is 0 Å². The number of nitrogens with zero attached hydrogens (tertiary/aromatic N) is 1. The third-order valence-electron chi connectivity index (χ3n) is 4.29. The van der Waals surface area contributed by atoms with Gasteiger partial charge in [-0.1, -0.05) is 6.07 Å². The van der Waals surface area contributed by atoms with Crippen LogP contribution in [0.2, 0.25) is 0 Å². The van der Waals surface area contributed by atoms with Crippen molar-refractivity contribution in [2.45, 2.75) is 27.7 Å². The van der Waals surface area contributed by atoms with Gasteiger partial charge in [-0.25, -0.2) is 0 Å². The fraction of sp³-hybridized carbons (Fsp3) is 0.300. The number of carbonyl (C=O) groups is 1.